The van der Waals surface area contributed by atoms with Crippen molar-refractivity contribution in [2.75, 3.05) is 7.05 Å². The van der Waals surface area contributed by atoms with Crippen molar-refractivity contribution in [2.45, 2.75) is 47.7 Å². The highest BCUT2D eigenvalue weighted by Gasteiger charge is 2.35. The average Bonchev–Trinajstić information content (AvgIpc) is 2.75. The molecule has 0 amide bonds. The summed E-state index contributed by atoms with van der Waals surface area (Å²) in [5, 5.41) is 22.1. The van der Waals surface area contributed by atoms with Crippen molar-refractivity contribution in [1.29, 1.82) is 5.26 Å². The maximum atomic E-state index is 9.28. The van der Waals surface area contributed by atoms with Gasteiger partial charge in [0.1, 0.15) is 10.5 Å². The van der Waals surface area contributed by atoms with Gasteiger partial charge in [0, 0.05) is 5.25 Å². The Morgan fingerprint density at radius 3 is 3.00 bits per heavy atom. The van der Waals surface area contributed by atoms with Gasteiger partial charge in [0.15, 0.2) is 4.34 Å². The van der Waals surface area contributed by atoms with E-state index < -0.39 is 0 Å². The van der Waals surface area contributed by atoms with E-state index in [2.05, 4.69) is 21.6 Å². The van der Waals surface area contributed by atoms with Crippen molar-refractivity contribution < 1.29 is 0 Å². The SMILES string of the molecule is CNC1(C#N)CCCC(Sc2nnc(C)s2)C1. The van der Waals surface area contributed by atoms with E-state index in [9.17, 15) is 5.26 Å². The Morgan fingerprint density at radius 1 is 1.59 bits per heavy atom. The molecule has 17 heavy (non-hydrogen) atoms. The number of nitrogens with one attached hydrogen (secondary N) is 1. The third-order valence-corrected chi connectivity index (χ3v) is 5.36. The zero-order valence-corrected chi connectivity index (χ0v) is 11.7. The van der Waals surface area contributed by atoms with Gasteiger partial charge < -0.3 is 5.32 Å². The lowest BCUT2D eigenvalue weighted by molar-refractivity contribution is 0.323. The number of aryl methyl sites for hydroxylation is 1. The predicted octanol–water partition coefficient (Wildman–Crippen LogP) is 2.36. The van der Waals surface area contributed by atoms with Gasteiger partial charge in [0.2, 0.25) is 0 Å². The highest BCUT2D eigenvalue weighted by atomic mass is 32.2. The maximum Gasteiger partial charge on any atom is 0.174 e. The van der Waals surface area contributed by atoms with E-state index in [0.29, 0.717) is 5.25 Å². The first-order chi connectivity index (χ1) is 8.17. The lowest BCUT2D eigenvalue weighted by Gasteiger charge is -2.34. The van der Waals surface area contributed by atoms with Crippen LogP contribution in [0.3, 0.4) is 0 Å². The first-order valence-electron chi connectivity index (χ1n) is 5.74. The van der Waals surface area contributed by atoms with Crippen LogP contribution in [0.5, 0.6) is 0 Å². The molecule has 1 aromatic rings. The van der Waals surface area contributed by atoms with Gasteiger partial charge in [-0.25, -0.2) is 0 Å². The number of hydrogen-bond donors (Lipinski definition) is 1. The van der Waals surface area contributed by atoms with Gasteiger partial charge in [-0.1, -0.05) is 23.1 Å². The summed E-state index contributed by atoms with van der Waals surface area (Å²) in [6.07, 6.45) is 4.10. The van der Waals surface area contributed by atoms with Crippen LogP contribution in [-0.2, 0) is 0 Å². The lowest BCUT2D eigenvalue weighted by Crippen LogP contribution is -2.46. The Bertz CT molecular complexity index is 425. The summed E-state index contributed by atoms with van der Waals surface area (Å²) in [7, 11) is 1.88. The number of thioether (sulfide) groups is 1. The van der Waals surface area contributed by atoms with Gasteiger partial charge in [0.05, 0.1) is 6.07 Å². The molecule has 1 aliphatic rings. The molecule has 2 unspecified atom stereocenters. The molecule has 1 aromatic heterocycles. The standard InChI is InChI=1S/C11H16N4S2/c1-8-14-15-10(16-8)17-9-4-3-5-11(6-9,7-12)13-2/h9,13H,3-6H2,1-2H3. The van der Waals surface area contributed by atoms with Crippen molar-refractivity contribution in [2.24, 2.45) is 0 Å². The molecule has 4 nitrogen and oxygen atoms in total. The molecule has 0 aromatic carbocycles. The molecule has 1 saturated carbocycles. The first kappa shape index (κ1) is 12.8. The Labute approximate surface area is 110 Å². The molecular weight excluding hydrogens is 252 g/mol. The fraction of sp³-hybridized carbons (Fsp3) is 0.727. The smallest absolute Gasteiger partial charge is 0.174 e. The van der Waals surface area contributed by atoms with Crippen LogP contribution < -0.4 is 5.32 Å². The molecule has 0 bridgehead atoms. The number of hydrogen-bond acceptors (Lipinski definition) is 6. The zero-order chi connectivity index (χ0) is 12.3. The number of aromatic nitrogens is 2. The summed E-state index contributed by atoms with van der Waals surface area (Å²) >= 11 is 3.41. The van der Waals surface area contributed by atoms with Crippen LogP contribution in [0.15, 0.2) is 4.34 Å². The van der Waals surface area contributed by atoms with E-state index >= 15 is 0 Å². The van der Waals surface area contributed by atoms with Gasteiger partial charge >= 0.3 is 0 Å². The van der Waals surface area contributed by atoms with Gasteiger partial charge in [0.25, 0.3) is 0 Å². The molecule has 1 fully saturated rings. The molecule has 6 heteroatoms. The van der Waals surface area contributed by atoms with E-state index in [-0.39, 0.29) is 5.54 Å². The molecule has 1 heterocycles. The third-order valence-electron chi connectivity index (χ3n) is 3.17. The predicted molar refractivity (Wildman–Crippen MR) is 70.2 cm³/mol. The molecule has 0 aliphatic heterocycles. The summed E-state index contributed by atoms with van der Waals surface area (Å²) in [6, 6.07) is 2.43. The third kappa shape index (κ3) is 2.97. The van der Waals surface area contributed by atoms with Crippen LogP contribution in [0.25, 0.3) is 0 Å². The maximum absolute atomic E-state index is 9.28. The minimum absolute atomic E-state index is 0.338. The van der Waals surface area contributed by atoms with Crippen LogP contribution in [-0.4, -0.2) is 28.0 Å². The number of rotatable bonds is 3. The van der Waals surface area contributed by atoms with E-state index in [1.54, 1.807) is 23.1 Å². The molecule has 0 spiro atoms. The number of nitrogens with zero attached hydrogens (tertiary/aromatic N) is 3. The fourth-order valence-electron chi connectivity index (χ4n) is 2.18. The van der Waals surface area contributed by atoms with Crippen LogP contribution in [0, 0.1) is 18.3 Å². The summed E-state index contributed by atoms with van der Waals surface area (Å²) in [4.78, 5) is 0. The van der Waals surface area contributed by atoms with Crippen molar-refractivity contribution in [1.82, 2.24) is 15.5 Å². The van der Waals surface area contributed by atoms with Crippen molar-refractivity contribution in [3.8, 4) is 6.07 Å². The molecule has 2 rings (SSSR count). The fourth-order valence-corrected chi connectivity index (χ4v) is 4.58. The normalized spacial score (nSPS) is 28.9. The second-order valence-corrected chi connectivity index (χ2v) is 7.10. The highest BCUT2D eigenvalue weighted by Crippen LogP contribution is 2.38. The van der Waals surface area contributed by atoms with Crippen molar-refractivity contribution in [3.63, 3.8) is 0 Å². The Hall–Kier alpha value is -0.640. The average molecular weight is 268 g/mol. The van der Waals surface area contributed by atoms with Crippen LogP contribution in [0.1, 0.15) is 30.7 Å². The lowest BCUT2D eigenvalue weighted by atomic mass is 9.83. The van der Waals surface area contributed by atoms with E-state index in [1.165, 1.54) is 0 Å². The first-order valence-corrected chi connectivity index (χ1v) is 7.44. The molecule has 1 N–H and O–H groups in total. The molecule has 1 aliphatic carbocycles. The Morgan fingerprint density at radius 2 is 2.41 bits per heavy atom. The molecule has 0 radical (unpaired) electrons. The topological polar surface area (TPSA) is 61.6 Å². The molecular formula is C11H16N4S2. The van der Waals surface area contributed by atoms with E-state index in [4.69, 9.17) is 0 Å². The summed E-state index contributed by atoms with van der Waals surface area (Å²) < 4.78 is 1.03. The molecule has 92 valence electrons. The van der Waals surface area contributed by atoms with Crippen molar-refractivity contribution >= 4 is 23.1 Å². The second kappa shape index (κ2) is 5.34. The van der Waals surface area contributed by atoms with Gasteiger partial charge in [-0.15, -0.1) is 10.2 Å². The zero-order valence-electron chi connectivity index (χ0n) is 10.1. The van der Waals surface area contributed by atoms with Crippen molar-refractivity contribution in [3.05, 3.63) is 5.01 Å². The Kier molecular flexibility index (Phi) is 4.02. The highest BCUT2D eigenvalue weighted by molar-refractivity contribution is 8.01. The quantitative estimate of drug-likeness (QED) is 0.912. The van der Waals surface area contributed by atoms with E-state index in [0.717, 1.165) is 35.0 Å². The van der Waals surface area contributed by atoms with Crippen LogP contribution in [0.4, 0.5) is 0 Å². The van der Waals surface area contributed by atoms with Gasteiger partial charge in [-0.2, -0.15) is 5.26 Å². The van der Waals surface area contributed by atoms with Crippen LogP contribution >= 0.6 is 23.1 Å². The second-order valence-electron chi connectivity index (χ2n) is 4.37. The number of nitriles is 1. The minimum atomic E-state index is -0.338. The Balaban J connectivity index is 2.01. The van der Waals surface area contributed by atoms with Crippen LogP contribution in [0.2, 0.25) is 0 Å². The summed E-state index contributed by atoms with van der Waals surface area (Å²) in [5.74, 6) is 0. The summed E-state index contributed by atoms with van der Waals surface area (Å²) in [6.45, 7) is 1.97. The molecule has 0 saturated heterocycles. The summed E-state index contributed by atoms with van der Waals surface area (Å²) in [5.41, 5.74) is -0.338. The van der Waals surface area contributed by atoms with Gasteiger partial charge in [-0.05, 0) is 39.7 Å². The van der Waals surface area contributed by atoms with Gasteiger partial charge in [-0.3, -0.25) is 0 Å². The largest absolute Gasteiger partial charge is 0.302 e. The minimum Gasteiger partial charge on any atom is -0.302 e. The van der Waals surface area contributed by atoms with E-state index in [1.807, 2.05) is 14.0 Å². The molecule has 2 atom stereocenters. The monoisotopic (exact) mass is 268 g/mol.